The minimum Gasteiger partial charge on any atom is -0.380 e. The van der Waals surface area contributed by atoms with Crippen molar-refractivity contribution < 1.29 is 4.74 Å². The average Bonchev–Trinajstić information content (AvgIpc) is 3.38. The molecule has 3 fully saturated rings. The molecule has 0 radical (unpaired) electrons. The lowest BCUT2D eigenvalue weighted by molar-refractivity contribution is 0.121. The lowest BCUT2D eigenvalue weighted by atomic mass is 10.2. The molecule has 1 saturated heterocycles. The number of methoxy groups -OCH3 is 1. The molecular formula is C15H23N3OS. The van der Waals surface area contributed by atoms with E-state index in [1.165, 1.54) is 41.4 Å². The minimum atomic E-state index is 0.385. The van der Waals surface area contributed by atoms with Gasteiger partial charge in [-0.2, -0.15) is 0 Å². The van der Waals surface area contributed by atoms with Gasteiger partial charge in [-0.05, 0) is 32.1 Å². The Kier molecular flexibility index (Phi) is 3.44. The first-order valence-corrected chi connectivity index (χ1v) is 8.66. The Balaban J connectivity index is 1.49. The van der Waals surface area contributed by atoms with Gasteiger partial charge in [-0.15, -0.1) is 11.3 Å². The highest BCUT2D eigenvalue weighted by molar-refractivity contribution is 7.15. The standard InChI is InChI=1S/C15H23N3OS/c1-19-12-6-7-18(9-12)15-17-14(10-2-3-10)13(20-15)8-16-11-4-5-11/h10-12,16H,2-9H2,1H3. The molecular weight excluding hydrogens is 270 g/mol. The fourth-order valence-electron chi connectivity index (χ4n) is 2.91. The van der Waals surface area contributed by atoms with Crippen molar-refractivity contribution in [1.29, 1.82) is 0 Å². The van der Waals surface area contributed by atoms with Crippen LogP contribution < -0.4 is 10.2 Å². The summed E-state index contributed by atoms with van der Waals surface area (Å²) in [4.78, 5) is 8.86. The second-order valence-electron chi connectivity index (χ2n) is 6.33. The molecule has 0 bridgehead atoms. The Morgan fingerprint density at radius 3 is 2.80 bits per heavy atom. The van der Waals surface area contributed by atoms with Crippen molar-refractivity contribution in [2.45, 2.75) is 56.7 Å². The van der Waals surface area contributed by atoms with Crippen molar-refractivity contribution in [3.63, 3.8) is 0 Å². The van der Waals surface area contributed by atoms with Gasteiger partial charge in [0.15, 0.2) is 5.13 Å². The van der Waals surface area contributed by atoms with Gasteiger partial charge in [-0.1, -0.05) is 0 Å². The van der Waals surface area contributed by atoms with Gasteiger partial charge in [0.25, 0.3) is 0 Å². The van der Waals surface area contributed by atoms with E-state index in [-0.39, 0.29) is 0 Å². The molecule has 2 saturated carbocycles. The Labute approximate surface area is 124 Å². The molecule has 1 atom stereocenters. The van der Waals surface area contributed by atoms with Crippen LogP contribution in [0.25, 0.3) is 0 Å². The Morgan fingerprint density at radius 2 is 2.15 bits per heavy atom. The lowest BCUT2D eigenvalue weighted by Crippen LogP contribution is -2.21. The minimum absolute atomic E-state index is 0.385. The highest BCUT2D eigenvalue weighted by atomic mass is 32.1. The molecule has 4 nitrogen and oxygen atoms in total. The fraction of sp³-hybridized carbons (Fsp3) is 0.800. The van der Waals surface area contributed by atoms with E-state index in [9.17, 15) is 0 Å². The summed E-state index contributed by atoms with van der Waals surface area (Å²) < 4.78 is 5.47. The smallest absolute Gasteiger partial charge is 0.185 e. The maximum Gasteiger partial charge on any atom is 0.185 e. The largest absolute Gasteiger partial charge is 0.380 e. The second-order valence-corrected chi connectivity index (χ2v) is 7.39. The van der Waals surface area contributed by atoms with Crippen LogP contribution in [0.3, 0.4) is 0 Å². The molecule has 0 spiro atoms. The van der Waals surface area contributed by atoms with Crippen molar-refractivity contribution in [3.8, 4) is 0 Å². The summed E-state index contributed by atoms with van der Waals surface area (Å²) in [7, 11) is 1.82. The normalized spacial score (nSPS) is 26.4. The predicted octanol–water partition coefficient (Wildman–Crippen LogP) is 2.50. The summed E-state index contributed by atoms with van der Waals surface area (Å²) in [5.41, 5.74) is 1.39. The van der Waals surface area contributed by atoms with E-state index in [0.717, 1.165) is 38.0 Å². The van der Waals surface area contributed by atoms with Crippen LogP contribution >= 0.6 is 11.3 Å². The van der Waals surface area contributed by atoms with Crippen molar-refractivity contribution in [3.05, 3.63) is 10.6 Å². The van der Waals surface area contributed by atoms with E-state index in [4.69, 9.17) is 9.72 Å². The van der Waals surface area contributed by atoms with E-state index in [1.807, 2.05) is 18.4 Å². The highest BCUT2D eigenvalue weighted by Gasteiger charge is 2.32. The zero-order valence-electron chi connectivity index (χ0n) is 12.1. The summed E-state index contributed by atoms with van der Waals surface area (Å²) in [6.45, 7) is 3.12. The monoisotopic (exact) mass is 293 g/mol. The van der Waals surface area contributed by atoms with Crippen LogP contribution in [0.2, 0.25) is 0 Å². The van der Waals surface area contributed by atoms with Gasteiger partial charge in [-0.3, -0.25) is 0 Å². The zero-order chi connectivity index (χ0) is 13.5. The number of anilines is 1. The molecule has 0 aromatic carbocycles. The quantitative estimate of drug-likeness (QED) is 0.874. The zero-order valence-corrected chi connectivity index (χ0v) is 12.9. The van der Waals surface area contributed by atoms with Gasteiger partial charge >= 0.3 is 0 Å². The van der Waals surface area contributed by atoms with Crippen LogP contribution in [0.4, 0.5) is 5.13 Å². The molecule has 1 aliphatic heterocycles. The number of hydrogen-bond donors (Lipinski definition) is 1. The maximum absolute atomic E-state index is 5.47. The topological polar surface area (TPSA) is 37.4 Å². The molecule has 1 N–H and O–H groups in total. The van der Waals surface area contributed by atoms with Crippen LogP contribution in [-0.2, 0) is 11.3 Å². The van der Waals surface area contributed by atoms with Crippen LogP contribution in [0, 0.1) is 0 Å². The SMILES string of the molecule is COC1CCN(c2nc(C3CC3)c(CNC3CC3)s2)C1. The van der Waals surface area contributed by atoms with E-state index < -0.39 is 0 Å². The molecule has 4 rings (SSSR count). The van der Waals surface area contributed by atoms with E-state index in [2.05, 4.69) is 10.2 Å². The van der Waals surface area contributed by atoms with E-state index in [1.54, 1.807) is 0 Å². The highest BCUT2D eigenvalue weighted by Crippen LogP contribution is 2.44. The Morgan fingerprint density at radius 1 is 1.30 bits per heavy atom. The van der Waals surface area contributed by atoms with Gasteiger partial charge in [0, 0.05) is 43.6 Å². The molecule has 110 valence electrons. The third-order valence-corrected chi connectivity index (χ3v) is 5.69. The first kappa shape index (κ1) is 13.0. The van der Waals surface area contributed by atoms with Gasteiger partial charge in [-0.25, -0.2) is 4.98 Å². The average molecular weight is 293 g/mol. The van der Waals surface area contributed by atoms with Crippen LogP contribution in [0.5, 0.6) is 0 Å². The first-order valence-electron chi connectivity index (χ1n) is 7.84. The second kappa shape index (κ2) is 5.28. The number of aromatic nitrogens is 1. The molecule has 2 heterocycles. The number of ether oxygens (including phenoxy) is 1. The van der Waals surface area contributed by atoms with Gasteiger partial charge in [0.05, 0.1) is 11.8 Å². The first-order chi connectivity index (χ1) is 9.83. The number of thiazole rings is 1. The summed E-state index contributed by atoms with van der Waals surface area (Å²) >= 11 is 1.90. The number of hydrogen-bond acceptors (Lipinski definition) is 5. The summed E-state index contributed by atoms with van der Waals surface area (Å²) in [5.74, 6) is 0.747. The summed E-state index contributed by atoms with van der Waals surface area (Å²) in [5, 5.41) is 4.87. The van der Waals surface area contributed by atoms with Gasteiger partial charge in [0.1, 0.15) is 0 Å². The van der Waals surface area contributed by atoms with Gasteiger partial charge < -0.3 is 15.0 Å². The number of nitrogens with zero attached hydrogens (tertiary/aromatic N) is 2. The van der Waals surface area contributed by atoms with E-state index >= 15 is 0 Å². The summed E-state index contributed by atoms with van der Waals surface area (Å²) in [6.07, 6.45) is 6.89. The van der Waals surface area contributed by atoms with E-state index in [0.29, 0.717) is 6.10 Å². The molecule has 5 heteroatoms. The van der Waals surface area contributed by atoms with Crippen molar-refractivity contribution in [1.82, 2.24) is 10.3 Å². The number of nitrogens with one attached hydrogen (secondary N) is 1. The molecule has 1 unspecified atom stereocenters. The summed E-state index contributed by atoms with van der Waals surface area (Å²) in [6, 6.07) is 0.775. The Bertz CT molecular complexity index is 481. The predicted molar refractivity (Wildman–Crippen MR) is 81.6 cm³/mol. The molecule has 1 aromatic rings. The third-order valence-electron chi connectivity index (χ3n) is 4.56. The molecule has 1 aromatic heterocycles. The van der Waals surface area contributed by atoms with Crippen molar-refractivity contribution >= 4 is 16.5 Å². The van der Waals surface area contributed by atoms with Crippen LogP contribution in [-0.4, -0.2) is 37.3 Å². The molecule has 20 heavy (non-hydrogen) atoms. The van der Waals surface area contributed by atoms with Crippen LogP contribution in [0.15, 0.2) is 0 Å². The maximum atomic E-state index is 5.47. The molecule has 2 aliphatic carbocycles. The van der Waals surface area contributed by atoms with Crippen LogP contribution in [0.1, 0.15) is 48.6 Å². The fourth-order valence-corrected chi connectivity index (χ4v) is 4.04. The van der Waals surface area contributed by atoms with Crippen molar-refractivity contribution in [2.24, 2.45) is 0 Å². The van der Waals surface area contributed by atoms with Crippen molar-refractivity contribution in [2.75, 3.05) is 25.1 Å². The molecule has 3 aliphatic rings. The molecule has 0 amide bonds. The van der Waals surface area contributed by atoms with Gasteiger partial charge in [0.2, 0.25) is 0 Å². The third kappa shape index (κ3) is 2.71. The Hall–Kier alpha value is -0.650. The lowest BCUT2D eigenvalue weighted by Gasteiger charge is -2.13. The number of rotatable bonds is 6.